The zero-order valence-corrected chi connectivity index (χ0v) is 23.1. The lowest BCUT2D eigenvalue weighted by molar-refractivity contribution is -0.286. The third-order valence-electron chi connectivity index (χ3n) is 14.6. The standard InChI is InChI=1S/C31H52O2/c1-20-21-12-16-30(7)24-11-10-23-27(4)15-9-14-26(2,3)22(27)13-17-28(23,5)29(24,6)18-19-31(21,30)33-25(20)32-8/h20-25H,9-19H2,1-8H3/t20-,21+,22-,23-,24-,25+,27-,28+,29+,30+,31-/m0/s1. The smallest absolute Gasteiger partial charge is 0.160 e. The van der Waals surface area contributed by atoms with E-state index in [-0.39, 0.29) is 11.9 Å². The van der Waals surface area contributed by atoms with E-state index in [2.05, 4.69) is 48.5 Å². The Morgan fingerprint density at radius 2 is 1.33 bits per heavy atom. The molecule has 188 valence electrons. The van der Waals surface area contributed by atoms with Gasteiger partial charge in [-0.3, -0.25) is 0 Å². The van der Waals surface area contributed by atoms with Crippen molar-refractivity contribution in [2.24, 2.45) is 56.7 Å². The fourth-order valence-corrected chi connectivity index (χ4v) is 13.0. The Morgan fingerprint density at radius 3 is 2.06 bits per heavy atom. The summed E-state index contributed by atoms with van der Waals surface area (Å²) in [6, 6.07) is 0. The first-order chi connectivity index (χ1) is 15.4. The van der Waals surface area contributed by atoms with Crippen molar-refractivity contribution in [1.29, 1.82) is 0 Å². The van der Waals surface area contributed by atoms with Gasteiger partial charge >= 0.3 is 0 Å². The molecule has 0 bridgehead atoms. The van der Waals surface area contributed by atoms with E-state index in [0.29, 0.717) is 38.9 Å². The minimum atomic E-state index is 0.00438. The third kappa shape index (κ3) is 2.50. The van der Waals surface area contributed by atoms with Gasteiger partial charge in [0.2, 0.25) is 0 Å². The average Bonchev–Trinajstić information content (AvgIpc) is 3.19. The van der Waals surface area contributed by atoms with Gasteiger partial charge in [0, 0.05) is 18.4 Å². The molecule has 1 heterocycles. The van der Waals surface area contributed by atoms with Crippen molar-refractivity contribution >= 4 is 0 Å². The number of hydrogen-bond acceptors (Lipinski definition) is 2. The zero-order valence-electron chi connectivity index (χ0n) is 23.1. The lowest BCUT2D eigenvalue weighted by atomic mass is 9.31. The summed E-state index contributed by atoms with van der Waals surface area (Å²) < 4.78 is 12.9. The van der Waals surface area contributed by atoms with Crippen LogP contribution in [0.1, 0.15) is 119 Å². The molecule has 0 aromatic carbocycles. The highest BCUT2D eigenvalue weighted by molar-refractivity contribution is 5.24. The van der Waals surface area contributed by atoms with Crippen molar-refractivity contribution in [1.82, 2.24) is 0 Å². The van der Waals surface area contributed by atoms with E-state index in [1.165, 1.54) is 70.6 Å². The second kappa shape index (κ2) is 6.81. The van der Waals surface area contributed by atoms with Gasteiger partial charge in [-0.05, 0) is 110 Å². The van der Waals surface area contributed by atoms with E-state index < -0.39 is 0 Å². The minimum absolute atomic E-state index is 0.00438. The highest BCUT2D eigenvalue weighted by Crippen LogP contribution is 2.80. The monoisotopic (exact) mass is 456 g/mol. The van der Waals surface area contributed by atoms with Crippen LogP contribution in [-0.4, -0.2) is 19.0 Å². The van der Waals surface area contributed by atoms with Crippen LogP contribution in [0.4, 0.5) is 0 Å². The van der Waals surface area contributed by atoms with Gasteiger partial charge in [0.25, 0.3) is 0 Å². The second-order valence-corrected chi connectivity index (χ2v) is 15.5. The lowest BCUT2D eigenvalue weighted by Gasteiger charge is -2.74. The largest absolute Gasteiger partial charge is 0.356 e. The van der Waals surface area contributed by atoms with Gasteiger partial charge in [-0.25, -0.2) is 0 Å². The molecule has 2 heteroatoms. The summed E-state index contributed by atoms with van der Waals surface area (Å²) in [5.74, 6) is 3.83. The van der Waals surface area contributed by atoms with Crippen LogP contribution in [0.3, 0.4) is 0 Å². The van der Waals surface area contributed by atoms with Crippen LogP contribution in [-0.2, 0) is 9.47 Å². The summed E-state index contributed by atoms with van der Waals surface area (Å²) in [5.41, 5.74) is 2.35. The van der Waals surface area contributed by atoms with E-state index >= 15 is 0 Å². The van der Waals surface area contributed by atoms with Gasteiger partial charge < -0.3 is 9.47 Å². The van der Waals surface area contributed by atoms with E-state index in [9.17, 15) is 0 Å². The molecule has 6 rings (SSSR count). The summed E-state index contributed by atoms with van der Waals surface area (Å²) >= 11 is 0. The van der Waals surface area contributed by atoms with E-state index in [0.717, 1.165) is 17.8 Å². The van der Waals surface area contributed by atoms with Crippen molar-refractivity contribution in [2.45, 2.75) is 131 Å². The summed E-state index contributed by atoms with van der Waals surface area (Å²) in [6.45, 7) is 18.5. The Kier molecular flexibility index (Phi) is 4.82. The summed E-state index contributed by atoms with van der Waals surface area (Å²) in [7, 11) is 1.86. The Bertz CT molecular complexity index is 820. The van der Waals surface area contributed by atoms with Crippen LogP contribution in [0, 0.1) is 56.7 Å². The number of rotatable bonds is 1. The van der Waals surface area contributed by atoms with Crippen LogP contribution in [0.2, 0.25) is 0 Å². The molecule has 0 N–H and O–H groups in total. The van der Waals surface area contributed by atoms with E-state index in [1.807, 2.05) is 7.11 Å². The fourth-order valence-electron chi connectivity index (χ4n) is 13.0. The number of hydrogen-bond donors (Lipinski definition) is 0. The van der Waals surface area contributed by atoms with Crippen molar-refractivity contribution in [3.63, 3.8) is 0 Å². The highest BCUT2D eigenvalue weighted by Gasteiger charge is 2.76. The molecule has 11 atom stereocenters. The quantitative estimate of drug-likeness (QED) is 0.395. The van der Waals surface area contributed by atoms with Gasteiger partial charge in [-0.1, -0.05) is 54.9 Å². The minimum Gasteiger partial charge on any atom is -0.356 e. The maximum Gasteiger partial charge on any atom is 0.160 e. The molecule has 0 unspecified atom stereocenters. The molecule has 0 aromatic heterocycles. The van der Waals surface area contributed by atoms with Crippen molar-refractivity contribution in [3.8, 4) is 0 Å². The Labute approximate surface area is 204 Å². The van der Waals surface area contributed by atoms with Gasteiger partial charge in [0.15, 0.2) is 6.29 Å². The van der Waals surface area contributed by atoms with Crippen LogP contribution in [0.5, 0.6) is 0 Å². The first-order valence-electron chi connectivity index (χ1n) is 14.6. The Balaban J connectivity index is 1.39. The maximum absolute atomic E-state index is 7.02. The van der Waals surface area contributed by atoms with Gasteiger partial charge in [-0.15, -0.1) is 0 Å². The zero-order chi connectivity index (χ0) is 23.7. The molecule has 6 fully saturated rings. The number of fused-ring (bicyclic) bond motifs is 6. The average molecular weight is 457 g/mol. The maximum atomic E-state index is 7.02. The summed E-state index contributed by atoms with van der Waals surface area (Å²) in [5, 5.41) is 0. The van der Waals surface area contributed by atoms with E-state index in [4.69, 9.17) is 9.47 Å². The third-order valence-corrected chi connectivity index (χ3v) is 14.6. The molecule has 1 aliphatic heterocycles. The first kappa shape index (κ1) is 23.3. The predicted octanol–water partition coefficient (Wildman–Crippen LogP) is 8.24. The van der Waals surface area contributed by atoms with Crippen molar-refractivity contribution < 1.29 is 9.47 Å². The molecule has 5 aliphatic carbocycles. The summed E-state index contributed by atoms with van der Waals surface area (Å²) in [6.07, 6.45) is 15.5. The predicted molar refractivity (Wildman–Crippen MR) is 135 cm³/mol. The van der Waals surface area contributed by atoms with Crippen molar-refractivity contribution in [2.75, 3.05) is 7.11 Å². The number of ether oxygens (including phenoxy) is 2. The molecular formula is C31H52O2. The van der Waals surface area contributed by atoms with Crippen molar-refractivity contribution in [3.05, 3.63) is 0 Å². The fraction of sp³-hybridized carbons (Fsp3) is 1.00. The Hall–Kier alpha value is -0.0800. The van der Waals surface area contributed by atoms with Crippen LogP contribution < -0.4 is 0 Å². The van der Waals surface area contributed by atoms with E-state index in [1.54, 1.807) is 0 Å². The molecule has 5 saturated carbocycles. The molecule has 0 radical (unpaired) electrons. The van der Waals surface area contributed by atoms with Crippen LogP contribution in [0.15, 0.2) is 0 Å². The van der Waals surface area contributed by atoms with Gasteiger partial charge in [-0.2, -0.15) is 0 Å². The topological polar surface area (TPSA) is 18.5 Å². The first-order valence-corrected chi connectivity index (χ1v) is 14.6. The molecule has 1 saturated heterocycles. The van der Waals surface area contributed by atoms with Crippen LogP contribution >= 0.6 is 0 Å². The number of methoxy groups -OCH3 is 1. The molecule has 0 aromatic rings. The Morgan fingerprint density at radius 1 is 0.667 bits per heavy atom. The normalized spacial score (nSPS) is 61.5. The second-order valence-electron chi connectivity index (χ2n) is 15.5. The molecule has 6 aliphatic rings. The lowest BCUT2D eigenvalue weighted by Crippen LogP contribution is -2.68. The summed E-state index contributed by atoms with van der Waals surface area (Å²) in [4.78, 5) is 0. The highest BCUT2D eigenvalue weighted by atomic mass is 16.7. The van der Waals surface area contributed by atoms with Crippen LogP contribution in [0.25, 0.3) is 0 Å². The molecule has 2 nitrogen and oxygen atoms in total. The molecule has 33 heavy (non-hydrogen) atoms. The molecular weight excluding hydrogens is 404 g/mol. The molecule has 0 amide bonds. The van der Waals surface area contributed by atoms with Gasteiger partial charge in [0.1, 0.15) is 0 Å². The molecule has 1 spiro atoms. The SMILES string of the molecule is CO[C@@H]1O[C@]23CC[C@]4(C)[C@H](CC[C@H]5[C@@]6(C)CCCC(C)(C)[C@@H]6CC[C@]54C)[C@@]2(C)CC[C@@H]3[C@@H]1C. The van der Waals surface area contributed by atoms with Gasteiger partial charge in [0.05, 0.1) is 5.60 Å².